The average molecular weight is 255 g/mol. The van der Waals surface area contributed by atoms with Gasteiger partial charge in [0.05, 0.1) is 24.1 Å². The topological polar surface area (TPSA) is 60.0 Å². The Bertz CT molecular complexity index is 755. The van der Waals surface area contributed by atoms with Crippen molar-refractivity contribution >= 4 is 16.9 Å². The fourth-order valence-corrected chi connectivity index (χ4v) is 2.18. The maximum Gasteiger partial charge on any atom is 0.335 e. The van der Waals surface area contributed by atoms with Gasteiger partial charge in [-0.15, -0.1) is 0 Å². The van der Waals surface area contributed by atoms with Crippen LogP contribution in [-0.2, 0) is 13.6 Å². The van der Waals surface area contributed by atoms with E-state index in [4.69, 9.17) is 5.11 Å². The van der Waals surface area contributed by atoms with Crippen LogP contribution < -0.4 is 0 Å². The number of rotatable bonds is 3. The molecule has 0 fully saturated rings. The van der Waals surface area contributed by atoms with Crippen molar-refractivity contribution < 1.29 is 9.90 Å². The molecule has 0 spiro atoms. The molecule has 0 saturated heterocycles. The first-order chi connectivity index (χ1) is 9.15. The lowest BCUT2D eigenvalue weighted by molar-refractivity contribution is 0.0697. The van der Waals surface area contributed by atoms with Crippen molar-refractivity contribution in [2.75, 3.05) is 0 Å². The van der Waals surface area contributed by atoms with Gasteiger partial charge in [-0.3, -0.25) is 0 Å². The second-order valence-corrected chi connectivity index (χ2v) is 4.52. The third kappa shape index (κ3) is 1.99. The number of fused-ring (bicyclic) bond motifs is 1. The van der Waals surface area contributed by atoms with E-state index < -0.39 is 5.97 Å². The number of carbonyl (C=O) groups is 1. The molecule has 0 atom stereocenters. The number of hydrogen-bond acceptors (Lipinski definition) is 2. The van der Waals surface area contributed by atoms with Gasteiger partial charge in [0.15, 0.2) is 0 Å². The number of aromatic carboxylic acids is 1. The van der Waals surface area contributed by atoms with Crippen LogP contribution in [0.25, 0.3) is 10.9 Å². The second-order valence-electron chi connectivity index (χ2n) is 4.52. The molecule has 0 aliphatic heterocycles. The summed E-state index contributed by atoms with van der Waals surface area (Å²) in [6.07, 6.45) is 5.56. The van der Waals surface area contributed by atoms with Gasteiger partial charge in [-0.05, 0) is 24.3 Å². The summed E-state index contributed by atoms with van der Waals surface area (Å²) in [6, 6.07) is 7.09. The third-order valence-electron chi connectivity index (χ3n) is 3.27. The molecule has 0 radical (unpaired) electrons. The summed E-state index contributed by atoms with van der Waals surface area (Å²) in [5.41, 5.74) is 2.43. The van der Waals surface area contributed by atoms with E-state index >= 15 is 0 Å². The van der Waals surface area contributed by atoms with E-state index in [1.165, 1.54) is 0 Å². The number of imidazole rings is 1. The quantitative estimate of drug-likeness (QED) is 0.779. The predicted molar refractivity (Wildman–Crippen MR) is 71.2 cm³/mol. The number of carboxylic acid groups (broad SMARTS) is 1. The summed E-state index contributed by atoms with van der Waals surface area (Å²) in [4.78, 5) is 15.0. The Morgan fingerprint density at radius 1 is 1.37 bits per heavy atom. The van der Waals surface area contributed by atoms with E-state index in [0.29, 0.717) is 12.1 Å². The van der Waals surface area contributed by atoms with Crippen molar-refractivity contribution in [3.8, 4) is 0 Å². The molecule has 96 valence electrons. The Hall–Kier alpha value is -2.56. The molecule has 1 N–H and O–H groups in total. The summed E-state index contributed by atoms with van der Waals surface area (Å²) in [6.45, 7) is 0.715. The van der Waals surface area contributed by atoms with E-state index in [0.717, 1.165) is 16.6 Å². The van der Waals surface area contributed by atoms with Gasteiger partial charge >= 0.3 is 5.97 Å². The van der Waals surface area contributed by atoms with Gasteiger partial charge in [-0.25, -0.2) is 9.78 Å². The van der Waals surface area contributed by atoms with E-state index in [9.17, 15) is 4.79 Å². The highest BCUT2D eigenvalue weighted by Gasteiger charge is 2.07. The average Bonchev–Trinajstić information content (AvgIpc) is 2.97. The molecule has 1 aromatic carbocycles. The molecule has 3 rings (SSSR count). The lowest BCUT2D eigenvalue weighted by Crippen LogP contribution is -2.03. The van der Waals surface area contributed by atoms with Crippen molar-refractivity contribution in [2.24, 2.45) is 7.05 Å². The van der Waals surface area contributed by atoms with E-state index in [2.05, 4.69) is 9.55 Å². The molecule has 0 unspecified atom stereocenters. The first-order valence-corrected chi connectivity index (χ1v) is 5.92. The fourth-order valence-electron chi connectivity index (χ4n) is 2.18. The zero-order valence-electron chi connectivity index (χ0n) is 10.4. The van der Waals surface area contributed by atoms with Gasteiger partial charge in [0, 0.05) is 30.3 Å². The monoisotopic (exact) mass is 255 g/mol. The maximum atomic E-state index is 10.9. The Labute approximate surface area is 109 Å². The number of nitrogens with zero attached hydrogens (tertiary/aromatic N) is 3. The molecule has 0 saturated carbocycles. The van der Waals surface area contributed by atoms with Crippen molar-refractivity contribution in [1.29, 1.82) is 0 Å². The summed E-state index contributed by atoms with van der Waals surface area (Å²) in [7, 11) is 1.95. The van der Waals surface area contributed by atoms with E-state index in [1.54, 1.807) is 18.5 Å². The van der Waals surface area contributed by atoms with Crippen LogP contribution in [0.5, 0.6) is 0 Å². The summed E-state index contributed by atoms with van der Waals surface area (Å²) < 4.78 is 4.05. The highest BCUT2D eigenvalue weighted by Crippen LogP contribution is 2.19. The molecule has 5 nitrogen and oxygen atoms in total. The van der Waals surface area contributed by atoms with Crippen LogP contribution in [0, 0.1) is 0 Å². The number of hydrogen-bond donors (Lipinski definition) is 1. The highest BCUT2D eigenvalue weighted by molar-refractivity contribution is 5.93. The normalized spacial score (nSPS) is 11.0. The van der Waals surface area contributed by atoms with Gasteiger partial charge in [-0.2, -0.15) is 0 Å². The Kier molecular flexibility index (Phi) is 2.59. The fraction of sp³-hybridized carbons (Fsp3) is 0.143. The highest BCUT2D eigenvalue weighted by atomic mass is 16.4. The Morgan fingerprint density at radius 2 is 2.21 bits per heavy atom. The van der Waals surface area contributed by atoms with Gasteiger partial charge in [0.25, 0.3) is 0 Å². The van der Waals surface area contributed by atoms with Gasteiger partial charge < -0.3 is 14.2 Å². The molecule has 0 aliphatic carbocycles. The van der Waals surface area contributed by atoms with Crippen LogP contribution in [0.1, 0.15) is 16.1 Å². The molecule has 19 heavy (non-hydrogen) atoms. The molecule has 0 aliphatic rings. The molecule has 2 heterocycles. The first-order valence-electron chi connectivity index (χ1n) is 5.92. The molecule has 2 aromatic heterocycles. The molecule has 3 aromatic rings. The molecular weight excluding hydrogens is 242 g/mol. The number of carboxylic acids is 1. The summed E-state index contributed by atoms with van der Waals surface area (Å²) in [5.74, 6) is -0.902. The van der Waals surface area contributed by atoms with Crippen molar-refractivity contribution in [3.05, 3.63) is 54.2 Å². The van der Waals surface area contributed by atoms with Crippen LogP contribution >= 0.6 is 0 Å². The number of aromatic nitrogens is 3. The van der Waals surface area contributed by atoms with Crippen molar-refractivity contribution in [2.45, 2.75) is 6.54 Å². The van der Waals surface area contributed by atoms with Gasteiger partial charge in [-0.1, -0.05) is 0 Å². The smallest absolute Gasteiger partial charge is 0.335 e. The van der Waals surface area contributed by atoms with Crippen LogP contribution in [-0.4, -0.2) is 25.2 Å². The maximum absolute atomic E-state index is 10.9. The zero-order chi connectivity index (χ0) is 13.4. The standard InChI is InChI=1S/C14H13N3O2/c1-16-9-15-7-12(16)8-17-5-4-10-6-11(14(18)19)2-3-13(10)17/h2-7,9H,8H2,1H3,(H,18,19). The number of aryl methyl sites for hydroxylation is 1. The van der Waals surface area contributed by atoms with E-state index in [-0.39, 0.29) is 0 Å². The summed E-state index contributed by atoms with van der Waals surface area (Å²) in [5, 5.41) is 9.91. The van der Waals surface area contributed by atoms with Crippen LogP contribution in [0.4, 0.5) is 0 Å². The molecule has 0 bridgehead atoms. The second kappa shape index (κ2) is 4.28. The van der Waals surface area contributed by atoms with Crippen molar-refractivity contribution in [3.63, 3.8) is 0 Å². The SMILES string of the molecule is Cn1cncc1Cn1ccc2cc(C(=O)O)ccc21. The minimum atomic E-state index is -0.902. The van der Waals surface area contributed by atoms with Crippen LogP contribution in [0.2, 0.25) is 0 Å². The Morgan fingerprint density at radius 3 is 2.89 bits per heavy atom. The first kappa shape index (κ1) is 11.5. The molecule has 5 heteroatoms. The summed E-state index contributed by atoms with van der Waals surface area (Å²) >= 11 is 0. The van der Waals surface area contributed by atoms with Crippen molar-refractivity contribution in [1.82, 2.24) is 14.1 Å². The minimum Gasteiger partial charge on any atom is -0.478 e. The lowest BCUT2D eigenvalue weighted by atomic mass is 10.1. The largest absolute Gasteiger partial charge is 0.478 e. The van der Waals surface area contributed by atoms with Crippen LogP contribution in [0.15, 0.2) is 43.0 Å². The number of benzene rings is 1. The predicted octanol–water partition coefficient (Wildman–Crippen LogP) is 2.12. The zero-order valence-corrected chi connectivity index (χ0v) is 10.4. The van der Waals surface area contributed by atoms with Gasteiger partial charge in [0.2, 0.25) is 0 Å². The van der Waals surface area contributed by atoms with Crippen LogP contribution in [0.3, 0.4) is 0 Å². The lowest BCUT2D eigenvalue weighted by Gasteiger charge is -2.06. The molecular formula is C14H13N3O2. The Balaban J connectivity index is 2.02. The third-order valence-corrected chi connectivity index (χ3v) is 3.27. The van der Waals surface area contributed by atoms with E-state index in [1.807, 2.05) is 36.1 Å². The molecule has 0 amide bonds. The van der Waals surface area contributed by atoms with Gasteiger partial charge in [0.1, 0.15) is 0 Å². The minimum absolute atomic E-state index is 0.311.